The lowest BCUT2D eigenvalue weighted by Gasteiger charge is -2.24. The van der Waals surface area contributed by atoms with Crippen LogP contribution in [0.1, 0.15) is 42.0 Å². The third kappa shape index (κ3) is 3.81. The molecule has 24 heavy (non-hydrogen) atoms. The van der Waals surface area contributed by atoms with Gasteiger partial charge in [0.2, 0.25) is 0 Å². The summed E-state index contributed by atoms with van der Waals surface area (Å²) in [6.07, 6.45) is 2.78. The second kappa shape index (κ2) is 6.60. The number of esters is 1. The first kappa shape index (κ1) is 17.0. The van der Waals surface area contributed by atoms with Gasteiger partial charge in [-0.05, 0) is 0 Å². The highest BCUT2D eigenvalue weighted by Gasteiger charge is 2.25. The van der Waals surface area contributed by atoms with Gasteiger partial charge < -0.3 is 4.74 Å². The molecule has 130 valence electrons. The molecule has 0 atom stereocenters. The average Bonchev–Trinajstić information content (AvgIpc) is 3.13. The number of thiazole rings is 1. The second-order valence-corrected chi connectivity index (χ2v) is 8.17. The van der Waals surface area contributed by atoms with E-state index in [1.807, 2.05) is 11.3 Å². The van der Waals surface area contributed by atoms with Crippen LogP contribution in [0.2, 0.25) is 0 Å². The molecule has 2 aromatic rings. The molecule has 0 saturated heterocycles. The molecule has 1 aliphatic rings. The number of ether oxygens (including phenoxy) is 1. The normalized spacial score (nSPS) is 15.3. The van der Waals surface area contributed by atoms with Crippen LogP contribution in [0.3, 0.4) is 0 Å². The number of aromatic nitrogens is 4. The van der Waals surface area contributed by atoms with Crippen LogP contribution in [0.15, 0.2) is 6.20 Å². The fourth-order valence-electron chi connectivity index (χ4n) is 2.62. The summed E-state index contributed by atoms with van der Waals surface area (Å²) in [5, 5.41) is 9.34. The first-order valence-corrected chi connectivity index (χ1v) is 8.84. The molecule has 0 spiro atoms. The molecule has 0 aromatic carbocycles. The molecule has 0 bridgehead atoms. The van der Waals surface area contributed by atoms with Crippen molar-refractivity contribution in [1.82, 2.24) is 24.9 Å². The SMILES string of the molecule is COC(=O)Cn1cc(CN2CCc3nc(C(C)(C)C)sc3C2)nn1. The predicted octanol–water partition coefficient (Wildman–Crippen LogP) is 1.76. The lowest BCUT2D eigenvalue weighted by molar-refractivity contribution is -0.141. The number of carbonyl (C=O) groups excluding carboxylic acids is 1. The molecule has 0 unspecified atom stereocenters. The fourth-order valence-corrected chi connectivity index (χ4v) is 3.83. The lowest BCUT2D eigenvalue weighted by atomic mass is 9.98. The van der Waals surface area contributed by atoms with Gasteiger partial charge in [-0.25, -0.2) is 9.67 Å². The summed E-state index contributed by atoms with van der Waals surface area (Å²) in [5.74, 6) is -0.326. The highest BCUT2D eigenvalue weighted by Crippen LogP contribution is 2.32. The number of rotatable bonds is 4. The third-order valence-electron chi connectivity index (χ3n) is 3.94. The maximum Gasteiger partial charge on any atom is 0.327 e. The van der Waals surface area contributed by atoms with Gasteiger partial charge in [-0.3, -0.25) is 9.69 Å². The Labute approximate surface area is 145 Å². The molecule has 1 aliphatic heterocycles. The zero-order valence-electron chi connectivity index (χ0n) is 14.6. The van der Waals surface area contributed by atoms with E-state index in [0.29, 0.717) is 0 Å². The average molecular weight is 349 g/mol. The van der Waals surface area contributed by atoms with Crippen LogP contribution in [0, 0.1) is 0 Å². The van der Waals surface area contributed by atoms with Crippen molar-refractivity contribution in [3.63, 3.8) is 0 Å². The molecule has 3 heterocycles. The van der Waals surface area contributed by atoms with Gasteiger partial charge in [0.05, 0.1) is 29.7 Å². The number of hydrogen-bond acceptors (Lipinski definition) is 7. The second-order valence-electron chi connectivity index (χ2n) is 7.08. The highest BCUT2D eigenvalue weighted by atomic mass is 32.1. The van der Waals surface area contributed by atoms with Gasteiger partial charge in [0.1, 0.15) is 6.54 Å². The summed E-state index contributed by atoms with van der Waals surface area (Å²) >= 11 is 1.82. The van der Waals surface area contributed by atoms with E-state index in [2.05, 4.69) is 40.7 Å². The summed E-state index contributed by atoms with van der Waals surface area (Å²) in [7, 11) is 1.37. The van der Waals surface area contributed by atoms with Crippen molar-refractivity contribution in [1.29, 1.82) is 0 Å². The number of nitrogens with zero attached hydrogens (tertiary/aromatic N) is 5. The molecule has 0 radical (unpaired) electrons. The fraction of sp³-hybridized carbons (Fsp3) is 0.625. The Kier molecular flexibility index (Phi) is 4.69. The van der Waals surface area contributed by atoms with Crippen molar-refractivity contribution in [3.05, 3.63) is 27.5 Å². The molecular weight excluding hydrogens is 326 g/mol. The summed E-state index contributed by atoms with van der Waals surface area (Å²) < 4.78 is 6.15. The highest BCUT2D eigenvalue weighted by molar-refractivity contribution is 7.11. The zero-order valence-corrected chi connectivity index (χ0v) is 15.4. The Morgan fingerprint density at radius 2 is 2.21 bits per heavy atom. The van der Waals surface area contributed by atoms with Gasteiger partial charge in [0.15, 0.2) is 0 Å². The van der Waals surface area contributed by atoms with E-state index < -0.39 is 0 Å². The van der Waals surface area contributed by atoms with E-state index in [0.717, 1.165) is 31.7 Å². The summed E-state index contributed by atoms with van der Waals surface area (Å²) in [4.78, 5) is 19.8. The van der Waals surface area contributed by atoms with Crippen LogP contribution >= 0.6 is 11.3 Å². The molecule has 7 nitrogen and oxygen atoms in total. The topological polar surface area (TPSA) is 73.1 Å². The Morgan fingerprint density at radius 1 is 1.42 bits per heavy atom. The van der Waals surface area contributed by atoms with E-state index in [9.17, 15) is 4.79 Å². The standard InChI is InChI=1S/C16H23N5O2S/c1-16(2,3)15-17-12-5-6-20(9-13(12)24-15)7-11-8-21(19-18-11)10-14(22)23-4/h8H,5-7,9-10H2,1-4H3. The van der Waals surface area contributed by atoms with E-state index in [1.165, 1.54) is 27.4 Å². The molecule has 0 amide bonds. The van der Waals surface area contributed by atoms with E-state index in [1.54, 1.807) is 6.20 Å². The van der Waals surface area contributed by atoms with Gasteiger partial charge in [0, 0.05) is 36.3 Å². The van der Waals surface area contributed by atoms with Crippen molar-refractivity contribution in [2.45, 2.75) is 52.2 Å². The van der Waals surface area contributed by atoms with Crippen molar-refractivity contribution < 1.29 is 9.53 Å². The van der Waals surface area contributed by atoms with Crippen molar-refractivity contribution >= 4 is 17.3 Å². The van der Waals surface area contributed by atoms with Gasteiger partial charge in [-0.1, -0.05) is 26.0 Å². The Morgan fingerprint density at radius 3 is 2.92 bits per heavy atom. The van der Waals surface area contributed by atoms with Crippen LogP contribution in [0.25, 0.3) is 0 Å². The minimum atomic E-state index is -0.326. The van der Waals surface area contributed by atoms with Crippen LogP contribution in [0.4, 0.5) is 0 Å². The summed E-state index contributed by atoms with van der Waals surface area (Å²) in [5.41, 5.74) is 2.21. The van der Waals surface area contributed by atoms with Crippen molar-refractivity contribution in [2.24, 2.45) is 0 Å². The molecule has 0 aliphatic carbocycles. The number of fused-ring (bicyclic) bond motifs is 1. The molecule has 8 heteroatoms. The van der Waals surface area contributed by atoms with E-state index in [4.69, 9.17) is 4.98 Å². The number of hydrogen-bond donors (Lipinski definition) is 0. The smallest absolute Gasteiger partial charge is 0.327 e. The van der Waals surface area contributed by atoms with E-state index >= 15 is 0 Å². The van der Waals surface area contributed by atoms with Gasteiger partial charge in [-0.2, -0.15) is 0 Å². The molecule has 2 aromatic heterocycles. The molecule has 0 saturated carbocycles. The predicted molar refractivity (Wildman–Crippen MR) is 90.7 cm³/mol. The Hall–Kier alpha value is -1.80. The molecule has 3 rings (SSSR count). The minimum absolute atomic E-state index is 0.0947. The Bertz CT molecular complexity index is 731. The maximum atomic E-state index is 11.3. The zero-order chi connectivity index (χ0) is 17.3. The van der Waals surface area contributed by atoms with Crippen LogP contribution in [0.5, 0.6) is 0 Å². The lowest BCUT2D eigenvalue weighted by Crippen LogP contribution is -2.29. The first-order chi connectivity index (χ1) is 11.3. The minimum Gasteiger partial charge on any atom is -0.468 e. The van der Waals surface area contributed by atoms with Gasteiger partial charge in [-0.15, -0.1) is 16.4 Å². The summed E-state index contributed by atoms with van der Waals surface area (Å²) in [6, 6.07) is 0. The number of carbonyl (C=O) groups is 1. The molecule has 0 N–H and O–H groups in total. The van der Waals surface area contributed by atoms with Crippen LogP contribution in [-0.4, -0.2) is 44.5 Å². The first-order valence-electron chi connectivity index (χ1n) is 8.02. The largest absolute Gasteiger partial charge is 0.468 e. The van der Waals surface area contributed by atoms with Gasteiger partial charge >= 0.3 is 5.97 Å². The van der Waals surface area contributed by atoms with Crippen LogP contribution < -0.4 is 0 Å². The maximum absolute atomic E-state index is 11.3. The quantitative estimate of drug-likeness (QED) is 0.783. The van der Waals surface area contributed by atoms with Gasteiger partial charge in [0.25, 0.3) is 0 Å². The van der Waals surface area contributed by atoms with Crippen LogP contribution in [-0.2, 0) is 41.0 Å². The van der Waals surface area contributed by atoms with E-state index in [-0.39, 0.29) is 17.9 Å². The Balaban J connectivity index is 1.64. The molecular formula is C16H23N5O2S. The third-order valence-corrected chi connectivity index (χ3v) is 5.45. The number of methoxy groups -OCH3 is 1. The van der Waals surface area contributed by atoms with Crippen molar-refractivity contribution in [2.75, 3.05) is 13.7 Å². The van der Waals surface area contributed by atoms with Crippen molar-refractivity contribution in [3.8, 4) is 0 Å². The molecule has 0 fully saturated rings. The summed E-state index contributed by atoms with van der Waals surface area (Å²) in [6.45, 7) is 9.29. The monoisotopic (exact) mass is 349 g/mol.